The summed E-state index contributed by atoms with van der Waals surface area (Å²) in [5.74, 6) is -0.445. The van der Waals surface area contributed by atoms with Gasteiger partial charge >= 0.3 is 11.9 Å². The number of nitrogens with zero attached hydrogens (tertiary/aromatic N) is 2. The number of quaternary nitrogens is 1. The molecular formula is C34H44N2O4+2. The van der Waals surface area contributed by atoms with Crippen LogP contribution in [0.3, 0.4) is 0 Å². The summed E-state index contributed by atoms with van der Waals surface area (Å²) in [6.45, 7) is 6.23. The first-order valence-corrected chi connectivity index (χ1v) is 13.8. The lowest BCUT2D eigenvalue weighted by atomic mass is 9.95. The number of carbonyl (C=O) groups is 2. The van der Waals surface area contributed by atoms with Gasteiger partial charge in [-0.3, -0.25) is 9.59 Å². The highest BCUT2D eigenvalue weighted by Gasteiger charge is 2.25. The van der Waals surface area contributed by atoms with Gasteiger partial charge in [-0.1, -0.05) is 43.8 Å². The summed E-state index contributed by atoms with van der Waals surface area (Å²) in [6, 6.07) is 22.9. The number of esters is 2. The van der Waals surface area contributed by atoms with Crippen LogP contribution in [0.1, 0.15) is 38.8 Å². The number of fused-ring (bicyclic) bond motifs is 3. The lowest BCUT2D eigenvalue weighted by Crippen LogP contribution is -2.42. The second kappa shape index (κ2) is 13.5. The van der Waals surface area contributed by atoms with Crippen molar-refractivity contribution >= 4 is 33.6 Å². The van der Waals surface area contributed by atoms with E-state index < -0.39 is 0 Å². The van der Waals surface area contributed by atoms with Crippen LogP contribution in [0.15, 0.2) is 66.7 Å². The minimum absolute atomic E-state index is 0. The van der Waals surface area contributed by atoms with Crippen LogP contribution in [-0.4, -0.2) is 57.3 Å². The standard InChI is InChI=1S/C33H40N2O4.CH4/c1-6-38-31(36)22-24-14-16-27-28-17-15-25(23-32(37)39-7-2)21-30(28)34(18-11-19-35(3,4)5)33(29(27)20-24)26-12-9-8-10-13-26;/h8-10,12-17,20-21H,6-7,11,18-19,22-23H2,1-5H3;1H4/q+2;. The van der Waals surface area contributed by atoms with Crippen molar-refractivity contribution in [3.8, 4) is 11.3 Å². The van der Waals surface area contributed by atoms with E-state index in [1.807, 2.05) is 32.0 Å². The Bertz CT molecular complexity index is 1470. The number of hydrogen-bond donors (Lipinski definition) is 0. The first-order chi connectivity index (χ1) is 18.7. The highest BCUT2D eigenvalue weighted by atomic mass is 16.5. The molecule has 3 aromatic carbocycles. The summed E-state index contributed by atoms with van der Waals surface area (Å²) in [4.78, 5) is 24.6. The summed E-state index contributed by atoms with van der Waals surface area (Å²) in [7, 11) is 6.63. The summed E-state index contributed by atoms with van der Waals surface area (Å²) in [5.41, 5.74) is 5.16. The van der Waals surface area contributed by atoms with Crippen LogP contribution in [0, 0.1) is 0 Å². The van der Waals surface area contributed by atoms with Crippen molar-refractivity contribution < 1.29 is 28.1 Å². The molecule has 0 bridgehead atoms. The largest absolute Gasteiger partial charge is 0.466 e. The first kappa shape index (κ1) is 30.8. The quantitative estimate of drug-likeness (QED) is 0.102. The fraction of sp³-hybridized carbons (Fsp3) is 0.382. The van der Waals surface area contributed by atoms with Crippen LogP contribution in [0.2, 0.25) is 0 Å². The van der Waals surface area contributed by atoms with Crippen LogP contribution < -0.4 is 4.57 Å². The molecule has 0 aliphatic heterocycles. The molecule has 0 fully saturated rings. The molecule has 6 heteroatoms. The van der Waals surface area contributed by atoms with Crippen molar-refractivity contribution in [3.63, 3.8) is 0 Å². The lowest BCUT2D eigenvalue weighted by Gasteiger charge is -2.23. The minimum Gasteiger partial charge on any atom is -0.466 e. The molecule has 0 unspecified atom stereocenters. The smallest absolute Gasteiger partial charge is 0.310 e. The Morgan fingerprint density at radius 2 is 1.32 bits per heavy atom. The van der Waals surface area contributed by atoms with Crippen LogP contribution in [-0.2, 0) is 38.4 Å². The third kappa shape index (κ3) is 7.45. The first-order valence-electron chi connectivity index (χ1n) is 13.8. The molecular weight excluding hydrogens is 500 g/mol. The van der Waals surface area contributed by atoms with Crippen molar-refractivity contribution in [2.24, 2.45) is 0 Å². The van der Waals surface area contributed by atoms with E-state index in [-0.39, 0.29) is 32.2 Å². The van der Waals surface area contributed by atoms with Crippen molar-refractivity contribution in [2.45, 2.75) is 47.1 Å². The summed E-state index contributed by atoms with van der Waals surface area (Å²) in [5, 5.41) is 3.33. The molecule has 4 rings (SSSR count). The SMILES string of the molecule is C.CCOC(=O)Cc1ccc2c(c1)c(-c1ccccc1)[n+](CCC[N+](C)(C)C)c1cc(CC(=O)OCC)ccc21. The van der Waals surface area contributed by atoms with Crippen molar-refractivity contribution in [2.75, 3.05) is 40.9 Å². The highest BCUT2D eigenvalue weighted by Crippen LogP contribution is 2.33. The predicted molar refractivity (Wildman–Crippen MR) is 162 cm³/mol. The number of hydrogen-bond acceptors (Lipinski definition) is 4. The van der Waals surface area contributed by atoms with E-state index in [2.05, 4.69) is 74.2 Å². The number of aromatic nitrogens is 1. The minimum atomic E-state index is -0.224. The third-order valence-electron chi connectivity index (χ3n) is 6.82. The van der Waals surface area contributed by atoms with Gasteiger partial charge in [-0.05, 0) is 49.2 Å². The zero-order chi connectivity index (χ0) is 28.0. The summed E-state index contributed by atoms with van der Waals surface area (Å²) >= 11 is 0. The maximum Gasteiger partial charge on any atom is 0.310 e. The van der Waals surface area contributed by atoms with E-state index in [0.717, 1.165) is 68.1 Å². The molecule has 1 heterocycles. The summed E-state index contributed by atoms with van der Waals surface area (Å²) < 4.78 is 13.7. The van der Waals surface area contributed by atoms with E-state index in [1.165, 1.54) is 0 Å². The predicted octanol–water partition coefficient (Wildman–Crippen LogP) is 5.89. The number of benzene rings is 3. The fourth-order valence-corrected chi connectivity index (χ4v) is 5.14. The molecule has 212 valence electrons. The van der Waals surface area contributed by atoms with E-state index >= 15 is 0 Å². The molecule has 0 saturated carbocycles. The Morgan fingerprint density at radius 1 is 0.750 bits per heavy atom. The number of aryl methyl sites for hydroxylation is 1. The molecule has 0 atom stereocenters. The molecule has 0 aliphatic rings. The van der Waals surface area contributed by atoms with Gasteiger partial charge in [-0.2, -0.15) is 4.57 Å². The Kier molecular flexibility index (Phi) is 10.4. The van der Waals surface area contributed by atoms with E-state index in [9.17, 15) is 9.59 Å². The average Bonchev–Trinajstić information content (AvgIpc) is 2.88. The van der Waals surface area contributed by atoms with Gasteiger partial charge < -0.3 is 14.0 Å². The van der Waals surface area contributed by atoms with Gasteiger partial charge in [0.1, 0.15) is 0 Å². The van der Waals surface area contributed by atoms with E-state index in [4.69, 9.17) is 9.47 Å². The number of pyridine rings is 1. The summed E-state index contributed by atoms with van der Waals surface area (Å²) in [6.07, 6.45) is 1.45. The molecule has 1 aromatic heterocycles. The Balaban J connectivity index is 0.00000441. The van der Waals surface area contributed by atoms with E-state index in [0.29, 0.717) is 13.2 Å². The van der Waals surface area contributed by atoms with Crippen LogP contribution in [0.4, 0.5) is 0 Å². The van der Waals surface area contributed by atoms with E-state index in [1.54, 1.807) is 0 Å². The topological polar surface area (TPSA) is 56.5 Å². The normalized spacial score (nSPS) is 11.3. The molecule has 6 nitrogen and oxygen atoms in total. The fourth-order valence-electron chi connectivity index (χ4n) is 5.14. The Labute approximate surface area is 238 Å². The molecule has 0 saturated heterocycles. The molecule has 0 radical (unpaired) electrons. The van der Waals surface area contributed by atoms with Gasteiger partial charge in [0.15, 0.2) is 6.54 Å². The number of carbonyl (C=O) groups excluding carboxylic acids is 2. The molecule has 0 N–H and O–H groups in total. The Morgan fingerprint density at radius 3 is 1.90 bits per heavy atom. The van der Waals surface area contributed by atoms with Crippen LogP contribution in [0.5, 0.6) is 0 Å². The maximum atomic E-state index is 12.3. The highest BCUT2D eigenvalue weighted by molar-refractivity contribution is 6.09. The average molecular weight is 545 g/mol. The molecule has 40 heavy (non-hydrogen) atoms. The van der Waals surface area contributed by atoms with Gasteiger partial charge in [-0.15, -0.1) is 0 Å². The lowest BCUT2D eigenvalue weighted by molar-refractivity contribution is -0.872. The second-order valence-electron chi connectivity index (χ2n) is 10.9. The van der Waals surface area contributed by atoms with Gasteiger partial charge in [0, 0.05) is 17.0 Å². The Hall–Kier alpha value is -3.77. The zero-order valence-corrected chi connectivity index (χ0v) is 23.8. The molecule has 0 spiro atoms. The second-order valence-corrected chi connectivity index (χ2v) is 10.9. The van der Waals surface area contributed by atoms with Crippen molar-refractivity contribution in [1.82, 2.24) is 0 Å². The van der Waals surface area contributed by atoms with Crippen LogP contribution >= 0.6 is 0 Å². The van der Waals surface area contributed by atoms with Crippen LogP contribution in [0.25, 0.3) is 32.9 Å². The zero-order valence-electron chi connectivity index (χ0n) is 23.8. The molecule has 0 aliphatic carbocycles. The number of rotatable bonds is 11. The van der Waals surface area contributed by atoms with Crippen molar-refractivity contribution in [3.05, 3.63) is 77.9 Å². The van der Waals surface area contributed by atoms with Gasteiger partial charge in [0.25, 0.3) is 0 Å². The number of ether oxygens (including phenoxy) is 2. The van der Waals surface area contributed by atoms with Gasteiger partial charge in [-0.25, -0.2) is 0 Å². The van der Waals surface area contributed by atoms with Gasteiger partial charge in [0.05, 0.1) is 70.9 Å². The monoisotopic (exact) mass is 544 g/mol. The van der Waals surface area contributed by atoms with Gasteiger partial charge in [0.2, 0.25) is 11.2 Å². The third-order valence-corrected chi connectivity index (χ3v) is 6.82. The molecule has 4 aromatic rings. The maximum absolute atomic E-state index is 12.3. The van der Waals surface area contributed by atoms with Crippen molar-refractivity contribution in [1.29, 1.82) is 0 Å². The molecule has 0 amide bonds.